The van der Waals surface area contributed by atoms with E-state index in [1.165, 1.54) is 8.61 Å². The Morgan fingerprint density at radius 1 is 1.10 bits per heavy atom. The summed E-state index contributed by atoms with van der Waals surface area (Å²) in [6, 6.07) is 8.93. The molecule has 0 bridgehead atoms. The van der Waals surface area contributed by atoms with Crippen molar-refractivity contribution in [3.63, 3.8) is 0 Å². The molecular weight excluding hydrogens is 394 g/mol. The maximum atomic E-state index is 13.0. The molecule has 1 amide bonds. The largest absolute Gasteiger partial charge is 0.465 e. The van der Waals surface area contributed by atoms with E-state index in [0.717, 1.165) is 5.56 Å². The molecule has 2 saturated heterocycles. The predicted octanol–water partition coefficient (Wildman–Crippen LogP) is 1.29. The van der Waals surface area contributed by atoms with Crippen LogP contribution in [-0.4, -0.2) is 61.2 Å². The number of carbonyl (C=O) groups is 2. The van der Waals surface area contributed by atoms with Crippen LogP contribution in [-0.2, 0) is 31.1 Å². The standard InChI is InChI=1S/C20H29N3O5S/c1-2-28-20(25)18-9-6-12-23(18)29(26,27)22-13-10-17(11-14-22)19(24)21-15-16-7-4-3-5-8-16/h3-5,7-8,17-18H,2,6,9-15H2,1H3,(H,21,24). The molecule has 1 unspecified atom stereocenters. The van der Waals surface area contributed by atoms with Gasteiger partial charge in [-0.2, -0.15) is 17.0 Å². The molecule has 2 aliphatic rings. The number of nitrogens with one attached hydrogen (secondary N) is 1. The Morgan fingerprint density at radius 2 is 1.79 bits per heavy atom. The molecule has 2 aliphatic heterocycles. The van der Waals surface area contributed by atoms with E-state index >= 15 is 0 Å². The lowest BCUT2D eigenvalue weighted by molar-refractivity contribution is -0.147. The second-order valence-electron chi connectivity index (χ2n) is 7.41. The van der Waals surface area contributed by atoms with Crippen molar-refractivity contribution in [2.75, 3.05) is 26.2 Å². The zero-order valence-electron chi connectivity index (χ0n) is 16.7. The topological polar surface area (TPSA) is 96.0 Å². The lowest BCUT2D eigenvalue weighted by Crippen LogP contribution is -2.51. The Morgan fingerprint density at radius 3 is 2.45 bits per heavy atom. The second kappa shape index (κ2) is 9.69. The molecule has 3 rings (SSSR count). The smallest absolute Gasteiger partial charge is 0.324 e. The number of ether oxygens (including phenoxy) is 1. The first-order valence-corrected chi connectivity index (χ1v) is 11.6. The fourth-order valence-corrected chi connectivity index (χ4v) is 5.76. The summed E-state index contributed by atoms with van der Waals surface area (Å²) in [5.74, 6) is -0.732. The average molecular weight is 424 g/mol. The van der Waals surface area contributed by atoms with Crippen molar-refractivity contribution in [2.45, 2.75) is 45.2 Å². The minimum atomic E-state index is -3.74. The molecule has 0 aliphatic carbocycles. The summed E-state index contributed by atoms with van der Waals surface area (Å²) in [5.41, 5.74) is 1.03. The van der Waals surface area contributed by atoms with E-state index in [1.54, 1.807) is 6.92 Å². The van der Waals surface area contributed by atoms with Gasteiger partial charge in [-0.25, -0.2) is 0 Å². The van der Waals surface area contributed by atoms with Gasteiger partial charge in [-0.05, 0) is 38.2 Å². The van der Waals surface area contributed by atoms with Crippen LogP contribution in [0.1, 0.15) is 38.2 Å². The highest BCUT2D eigenvalue weighted by molar-refractivity contribution is 7.86. The van der Waals surface area contributed by atoms with Crippen LogP contribution in [0.5, 0.6) is 0 Å². The van der Waals surface area contributed by atoms with Gasteiger partial charge >= 0.3 is 5.97 Å². The third kappa shape index (κ3) is 5.15. The second-order valence-corrected chi connectivity index (χ2v) is 9.29. The molecule has 9 heteroatoms. The number of nitrogens with zero attached hydrogens (tertiary/aromatic N) is 2. The van der Waals surface area contributed by atoms with E-state index < -0.39 is 22.2 Å². The fraction of sp³-hybridized carbons (Fsp3) is 0.600. The van der Waals surface area contributed by atoms with Gasteiger partial charge in [0.15, 0.2) is 0 Å². The molecule has 160 valence electrons. The molecule has 1 N–H and O–H groups in total. The molecule has 0 saturated carbocycles. The molecule has 2 heterocycles. The summed E-state index contributed by atoms with van der Waals surface area (Å²) < 4.78 is 33.8. The van der Waals surface area contributed by atoms with Gasteiger partial charge in [-0.15, -0.1) is 0 Å². The van der Waals surface area contributed by atoms with Crippen LogP contribution < -0.4 is 5.32 Å². The number of rotatable bonds is 7. The summed E-state index contributed by atoms with van der Waals surface area (Å²) in [7, 11) is -3.74. The van der Waals surface area contributed by atoms with Crippen molar-refractivity contribution >= 4 is 22.1 Å². The predicted molar refractivity (Wildman–Crippen MR) is 108 cm³/mol. The van der Waals surface area contributed by atoms with Crippen molar-refractivity contribution in [1.82, 2.24) is 13.9 Å². The lowest BCUT2D eigenvalue weighted by atomic mass is 9.97. The van der Waals surface area contributed by atoms with Crippen molar-refractivity contribution in [3.05, 3.63) is 35.9 Å². The maximum Gasteiger partial charge on any atom is 0.324 e. The molecule has 1 aromatic rings. The summed E-state index contributed by atoms with van der Waals surface area (Å²) in [6.45, 7) is 3.28. The van der Waals surface area contributed by atoms with E-state index in [9.17, 15) is 18.0 Å². The van der Waals surface area contributed by atoms with Crippen molar-refractivity contribution < 1.29 is 22.7 Å². The van der Waals surface area contributed by atoms with Crippen LogP contribution in [0.2, 0.25) is 0 Å². The number of amides is 1. The molecule has 1 aromatic carbocycles. The van der Waals surface area contributed by atoms with E-state index in [4.69, 9.17) is 4.74 Å². The molecule has 1 atom stereocenters. The SMILES string of the molecule is CCOC(=O)C1CCCN1S(=O)(=O)N1CCC(C(=O)NCc2ccccc2)CC1. The molecule has 0 radical (unpaired) electrons. The third-order valence-electron chi connectivity index (χ3n) is 5.52. The summed E-state index contributed by atoms with van der Waals surface area (Å²) in [4.78, 5) is 24.6. The average Bonchev–Trinajstić information content (AvgIpc) is 3.24. The van der Waals surface area contributed by atoms with Crippen LogP contribution in [0.25, 0.3) is 0 Å². The summed E-state index contributed by atoms with van der Waals surface area (Å²) >= 11 is 0. The summed E-state index contributed by atoms with van der Waals surface area (Å²) in [6.07, 6.45) is 2.06. The monoisotopic (exact) mass is 423 g/mol. The first-order valence-electron chi connectivity index (χ1n) is 10.2. The van der Waals surface area contributed by atoms with Gasteiger partial charge in [0.05, 0.1) is 6.61 Å². The Balaban J connectivity index is 1.54. The van der Waals surface area contributed by atoms with Crippen LogP contribution in [0.15, 0.2) is 30.3 Å². The Bertz CT molecular complexity index is 807. The van der Waals surface area contributed by atoms with Gasteiger partial charge in [-0.3, -0.25) is 9.59 Å². The third-order valence-corrected chi connectivity index (χ3v) is 7.57. The highest BCUT2D eigenvalue weighted by atomic mass is 32.2. The minimum absolute atomic E-state index is 0.0449. The Labute approximate surface area is 172 Å². The van der Waals surface area contributed by atoms with Crippen molar-refractivity contribution in [3.8, 4) is 0 Å². The van der Waals surface area contributed by atoms with Gasteiger partial charge < -0.3 is 10.1 Å². The van der Waals surface area contributed by atoms with Gasteiger partial charge in [0, 0.05) is 32.1 Å². The number of hydrogen-bond donors (Lipinski definition) is 1. The zero-order chi connectivity index (χ0) is 20.9. The Hall–Kier alpha value is -1.97. The quantitative estimate of drug-likeness (QED) is 0.667. The van der Waals surface area contributed by atoms with Gasteiger partial charge in [0.1, 0.15) is 6.04 Å². The van der Waals surface area contributed by atoms with Crippen molar-refractivity contribution in [2.24, 2.45) is 5.92 Å². The molecule has 8 nitrogen and oxygen atoms in total. The van der Waals surface area contributed by atoms with Crippen LogP contribution in [0.4, 0.5) is 0 Å². The normalized spacial score (nSPS) is 21.8. The highest BCUT2D eigenvalue weighted by Crippen LogP contribution is 2.27. The number of hydrogen-bond acceptors (Lipinski definition) is 5. The lowest BCUT2D eigenvalue weighted by Gasteiger charge is -2.34. The fourth-order valence-electron chi connectivity index (χ4n) is 3.92. The van der Waals surface area contributed by atoms with E-state index in [-0.39, 0.29) is 31.5 Å². The van der Waals surface area contributed by atoms with Crippen molar-refractivity contribution in [1.29, 1.82) is 0 Å². The first-order chi connectivity index (χ1) is 13.9. The number of carbonyl (C=O) groups excluding carboxylic acids is 2. The highest BCUT2D eigenvalue weighted by Gasteiger charge is 2.43. The molecule has 29 heavy (non-hydrogen) atoms. The molecular formula is C20H29N3O5S. The molecule has 2 fully saturated rings. The van der Waals surface area contributed by atoms with Crippen LogP contribution in [0, 0.1) is 5.92 Å². The molecule has 0 aromatic heterocycles. The summed E-state index contributed by atoms with van der Waals surface area (Å²) in [5, 5.41) is 2.93. The van der Waals surface area contributed by atoms with E-state index in [1.807, 2.05) is 30.3 Å². The first kappa shape index (κ1) is 21.7. The maximum absolute atomic E-state index is 13.0. The van der Waals surface area contributed by atoms with Gasteiger partial charge in [-0.1, -0.05) is 30.3 Å². The van der Waals surface area contributed by atoms with E-state index in [2.05, 4.69) is 5.32 Å². The van der Waals surface area contributed by atoms with Gasteiger partial charge in [0.2, 0.25) is 5.91 Å². The van der Waals surface area contributed by atoms with Crippen LogP contribution >= 0.6 is 0 Å². The van der Waals surface area contributed by atoms with Gasteiger partial charge in [0.25, 0.3) is 10.2 Å². The van der Waals surface area contributed by atoms with Crippen LogP contribution in [0.3, 0.4) is 0 Å². The zero-order valence-corrected chi connectivity index (χ0v) is 17.6. The Kier molecular flexibility index (Phi) is 7.26. The molecule has 0 spiro atoms. The minimum Gasteiger partial charge on any atom is -0.465 e. The number of esters is 1. The van der Waals surface area contributed by atoms with E-state index in [0.29, 0.717) is 38.8 Å². The number of piperidine rings is 1. The number of benzene rings is 1.